The normalized spacial score (nSPS) is 16.8. The van der Waals surface area contributed by atoms with Crippen molar-refractivity contribution >= 4 is 17.9 Å². The molecule has 2 aliphatic rings. The fourth-order valence-electron chi connectivity index (χ4n) is 5.19. The highest BCUT2D eigenvalue weighted by Crippen LogP contribution is 2.37. The molecule has 0 aromatic heterocycles. The lowest BCUT2D eigenvalue weighted by Gasteiger charge is -2.37. The van der Waals surface area contributed by atoms with Gasteiger partial charge >= 0.3 is 12.2 Å². The van der Waals surface area contributed by atoms with Crippen LogP contribution in [0.2, 0.25) is 0 Å². The second-order valence-electron chi connectivity index (χ2n) is 11.2. The van der Waals surface area contributed by atoms with Gasteiger partial charge in [0.05, 0.1) is 6.54 Å². The molecule has 0 radical (unpaired) electrons. The summed E-state index contributed by atoms with van der Waals surface area (Å²) in [5.41, 5.74) is 2.64. The summed E-state index contributed by atoms with van der Waals surface area (Å²) in [6.45, 7) is 8.83. The minimum absolute atomic E-state index is 0.0442. The summed E-state index contributed by atoms with van der Waals surface area (Å²) in [5, 5.41) is 0. The van der Waals surface area contributed by atoms with Gasteiger partial charge in [0.15, 0.2) is 17.5 Å². The van der Waals surface area contributed by atoms with Crippen molar-refractivity contribution < 1.29 is 32.3 Å². The van der Waals surface area contributed by atoms with Crippen LogP contribution in [0.25, 0.3) is 11.1 Å². The summed E-state index contributed by atoms with van der Waals surface area (Å²) in [6.07, 6.45) is 1.37. The Kier molecular flexibility index (Phi) is 8.47. The maximum absolute atomic E-state index is 14.7. The molecule has 1 amide bonds. The number of hydrogen-bond acceptors (Lipinski definition) is 5. The quantitative estimate of drug-likeness (QED) is 0.347. The number of halogens is 3. The maximum Gasteiger partial charge on any atom is 0.415 e. The van der Waals surface area contributed by atoms with Crippen LogP contribution in [0.15, 0.2) is 60.7 Å². The predicted octanol–water partition coefficient (Wildman–Crippen LogP) is 6.48. The SMILES string of the molecule is CC(C)(C)c1cc(CN2CCC3(CC2)CN(c2ccccc2)C(=O)O3)cc(-c2ccc(F)c(F)c2F)c1.O=C=O. The zero-order valence-electron chi connectivity index (χ0n) is 22.7. The van der Waals surface area contributed by atoms with E-state index in [4.69, 9.17) is 14.3 Å². The molecule has 2 saturated heterocycles. The number of amides is 1. The molecular weight excluding hydrogens is 521 g/mol. The van der Waals surface area contributed by atoms with Gasteiger partial charge in [-0.2, -0.15) is 9.59 Å². The molecule has 5 rings (SSSR count). The van der Waals surface area contributed by atoms with Crippen molar-refractivity contribution in [3.8, 4) is 11.1 Å². The maximum atomic E-state index is 14.7. The van der Waals surface area contributed by atoms with Gasteiger partial charge in [-0.15, -0.1) is 0 Å². The number of ether oxygens (including phenoxy) is 1. The number of likely N-dealkylation sites (tertiary alicyclic amines) is 1. The number of nitrogens with zero attached hydrogens (tertiary/aromatic N) is 2. The van der Waals surface area contributed by atoms with E-state index in [0.29, 0.717) is 31.5 Å². The van der Waals surface area contributed by atoms with E-state index < -0.39 is 23.1 Å². The van der Waals surface area contributed by atoms with E-state index in [9.17, 15) is 18.0 Å². The van der Waals surface area contributed by atoms with Gasteiger partial charge < -0.3 is 4.74 Å². The minimum Gasteiger partial charge on any atom is -0.441 e. The Morgan fingerprint density at radius 3 is 2.20 bits per heavy atom. The molecule has 0 atom stereocenters. The molecule has 2 aliphatic heterocycles. The van der Waals surface area contributed by atoms with Crippen LogP contribution in [-0.4, -0.2) is 42.4 Å². The number of carbonyl (C=O) groups excluding carboxylic acids is 3. The molecule has 6 nitrogen and oxygen atoms in total. The number of anilines is 1. The van der Waals surface area contributed by atoms with Crippen LogP contribution in [0.4, 0.5) is 23.7 Å². The molecule has 3 aromatic rings. The van der Waals surface area contributed by atoms with Crippen molar-refractivity contribution in [1.82, 2.24) is 4.90 Å². The van der Waals surface area contributed by atoms with Gasteiger partial charge in [-0.25, -0.2) is 18.0 Å². The van der Waals surface area contributed by atoms with Crippen molar-refractivity contribution in [3.05, 3.63) is 89.2 Å². The number of para-hydroxylation sites is 1. The van der Waals surface area contributed by atoms with Crippen LogP contribution in [-0.2, 0) is 26.3 Å². The van der Waals surface area contributed by atoms with Crippen LogP contribution in [0.5, 0.6) is 0 Å². The molecule has 2 heterocycles. The van der Waals surface area contributed by atoms with Gasteiger partial charge in [0.1, 0.15) is 5.60 Å². The van der Waals surface area contributed by atoms with Gasteiger partial charge in [-0.05, 0) is 52.4 Å². The Bertz CT molecular complexity index is 1410. The van der Waals surface area contributed by atoms with Crippen LogP contribution in [0.1, 0.15) is 44.7 Å². The summed E-state index contributed by atoms with van der Waals surface area (Å²) in [4.78, 5) is 32.8. The second kappa shape index (κ2) is 11.7. The van der Waals surface area contributed by atoms with E-state index in [0.717, 1.165) is 36.0 Å². The van der Waals surface area contributed by atoms with Crippen LogP contribution in [0.3, 0.4) is 0 Å². The first kappa shape index (κ1) is 29.1. The zero-order valence-corrected chi connectivity index (χ0v) is 22.7. The summed E-state index contributed by atoms with van der Waals surface area (Å²) in [6, 6.07) is 17.6. The lowest BCUT2D eigenvalue weighted by atomic mass is 9.84. The fourth-order valence-corrected chi connectivity index (χ4v) is 5.19. The summed E-state index contributed by atoms with van der Waals surface area (Å²) < 4.78 is 48.1. The number of piperidine rings is 1. The second-order valence-corrected chi connectivity index (χ2v) is 11.2. The number of hydrogen-bond donors (Lipinski definition) is 0. The molecule has 1 spiro atoms. The Labute approximate surface area is 231 Å². The first-order chi connectivity index (χ1) is 19.0. The molecule has 0 bridgehead atoms. The number of rotatable bonds is 4. The standard InChI is InChI=1S/C30H31F3N2O2.CO2/c1-29(2,3)22-16-20(15-21(17-22)24-9-10-25(31)27(33)26(24)32)18-34-13-11-30(12-14-34)19-35(28(36)37-30)23-7-5-4-6-8-23;2-1-3/h4-10,15-17H,11-14,18-19H2,1-3H3;. The van der Waals surface area contributed by atoms with Crippen molar-refractivity contribution in [2.24, 2.45) is 0 Å². The van der Waals surface area contributed by atoms with Crippen LogP contribution in [0, 0.1) is 17.5 Å². The van der Waals surface area contributed by atoms with E-state index in [-0.39, 0.29) is 23.2 Å². The Balaban J connectivity index is 0.00000118. The third-order valence-corrected chi connectivity index (χ3v) is 7.42. The molecule has 0 saturated carbocycles. The summed E-state index contributed by atoms with van der Waals surface area (Å²) >= 11 is 0. The Morgan fingerprint density at radius 2 is 1.57 bits per heavy atom. The fraction of sp³-hybridized carbons (Fsp3) is 0.355. The molecule has 210 valence electrons. The third kappa shape index (κ3) is 6.27. The smallest absolute Gasteiger partial charge is 0.415 e. The average molecular weight is 553 g/mol. The van der Waals surface area contributed by atoms with E-state index in [1.807, 2.05) is 42.5 Å². The largest absolute Gasteiger partial charge is 0.441 e. The first-order valence-electron chi connectivity index (χ1n) is 13.0. The van der Waals surface area contributed by atoms with Gasteiger partial charge in [0, 0.05) is 43.7 Å². The van der Waals surface area contributed by atoms with Gasteiger partial charge in [-0.3, -0.25) is 9.80 Å². The molecule has 0 aliphatic carbocycles. The lowest BCUT2D eigenvalue weighted by molar-refractivity contribution is -0.191. The predicted molar refractivity (Wildman–Crippen MR) is 143 cm³/mol. The highest BCUT2D eigenvalue weighted by Gasteiger charge is 2.47. The summed E-state index contributed by atoms with van der Waals surface area (Å²) in [5.74, 6) is -3.84. The summed E-state index contributed by atoms with van der Waals surface area (Å²) in [7, 11) is 0. The van der Waals surface area contributed by atoms with Crippen molar-refractivity contribution in [3.63, 3.8) is 0 Å². The zero-order chi connectivity index (χ0) is 29.1. The molecular formula is C31H31F3N2O4. The number of carbonyl (C=O) groups is 1. The van der Waals surface area contributed by atoms with Gasteiger partial charge in [0.2, 0.25) is 0 Å². The Hall–Kier alpha value is -3.94. The van der Waals surface area contributed by atoms with E-state index >= 15 is 0 Å². The lowest BCUT2D eigenvalue weighted by Crippen LogP contribution is -2.46. The molecule has 0 unspecified atom stereocenters. The monoisotopic (exact) mass is 552 g/mol. The highest BCUT2D eigenvalue weighted by atomic mass is 19.2. The molecule has 40 heavy (non-hydrogen) atoms. The van der Waals surface area contributed by atoms with Crippen LogP contribution >= 0.6 is 0 Å². The van der Waals surface area contributed by atoms with Crippen molar-refractivity contribution in [1.29, 1.82) is 0 Å². The van der Waals surface area contributed by atoms with Crippen LogP contribution < -0.4 is 4.90 Å². The molecule has 9 heteroatoms. The van der Waals surface area contributed by atoms with Gasteiger partial charge in [0.25, 0.3) is 0 Å². The van der Waals surface area contributed by atoms with Crippen molar-refractivity contribution in [2.45, 2.75) is 51.2 Å². The molecule has 2 fully saturated rings. The highest BCUT2D eigenvalue weighted by molar-refractivity contribution is 5.90. The molecule has 0 N–H and O–H groups in total. The van der Waals surface area contributed by atoms with E-state index in [1.54, 1.807) is 4.90 Å². The average Bonchev–Trinajstić information content (AvgIpc) is 3.24. The Morgan fingerprint density at radius 1 is 0.925 bits per heavy atom. The third-order valence-electron chi connectivity index (χ3n) is 7.42. The van der Waals surface area contributed by atoms with Gasteiger partial charge in [-0.1, -0.05) is 51.1 Å². The van der Waals surface area contributed by atoms with E-state index in [2.05, 4.69) is 31.7 Å². The first-order valence-corrected chi connectivity index (χ1v) is 13.0. The minimum atomic E-state index is -1.46. The van der Waals surface area contributed by atoms with Crippen molar-refractivity contribution in [2.75, 3.05) is 24.5 Å². The van der Waals surface area contributed by atoms with E-state index in [1.165, 1.54) is 6.07 Å². The molecule has 3 aromatic carbocycles. The topological polar surface area (TPSA) is 66.9 Å². The number of benzene rings is 3.